The lowest BCUT2D eigenvalue weighted by atomic mass is 10.2. The van der Waals surface area contributed by atoms with Gasteiger partial charge in [-0.1, -0.05) is 17.7 Å². The van der Waals surface area contributed by atoms with Crippen molar-refractivity contribution in [2.75, 3.05) is 9.73 Å². The fourth-order valence-corrected chi connectivity index (χ4v) is 5.40. The van der Waals surface area contributed by atoms with Crippen LogP contribution in [0.3, 0.4) is 0 Å². The highest BCUT2D eigenvalue weighted by Gasteiger charge is 2.35. The van der Waals surface area contributed by atoms with Crippen LogP contribution in [0.1, 0.15) is 11.3 Å². The SMILES string of the molecule is Cc1ccc(N2NC(=O)/C(=C\c3ccc(-c4ccc(S(=O)(=O)Nc5nccs5)cc4)o3)C2=O)cc1Cl. The molecule has 0 bridgehead atoms. The van der Waals surface area contributed by atoms with Crippen LogP contribution in [0.5, 0.6) is 0 Å². The number of aromatic nitrogens is 1. The minimum Gasteiger partial charge on any atom is -0.457 e. The summed E-state index contributed by atoms with van der Waals surface area (Å²) < 4.78 is 33.2. The molecule has 1 fully saturated rings. The van der Waals surface area contributed by atoms with Gasteiger partial charge in [0.2, 0.25) is 0 Å². The molecule has 3 heterocycles. The first-order chi connectivity index (χ1) is 17.2. The minimum absolute atomic E-state index is 0.0693. The number of thiazole rings is 1. The Labute approximate surface area is 215 Å². The molecule has 1 aliphatic rings. The molecule has 1 aliphatic heterocycles. The zero-order valence-corrected chi connectivity index (χ0v) is 20.9. The molecule has 0 atom stereocenters. The van der Waals surface area contributed by atoms with Crippen LogP contribution in [-0.2, 0) is 19.6 Å². The Kier molecular flexibility index (Phi) is 6.12. The van der Waals surface area contributed by atoms with E-state index >= 15 is 0 Å². The molecule has 36 heavy (non-hydrogen) atoms. The van der Waals surface area contributed by atoms with Crippen LogP contribution in [0.15, 0.2) is 81.1 Å². The van der Waals surface area contributed by atoms with Crippen molar-refractivity contribution < 1.29 is 22.4 Å². The molecule has 2 aromatic heterocycles. The molecular formula is C24H17ClN4O5S2. The monoisotopic (exact) mass is 540 g/mol. The zero-order chi connectivity index (χ0) is 25.4. The average molecular weight is 541 g/mol. The van der Waals surface area contributed by atoms with E-state index in [9.17, 15) is 18.0 Å². The number of hydrogen-bond acceptors (Lipinski definition) is 7. The molecule has 2 N–H and O–H groups in total. The summed E-state index contributed by atoms with van der Waals surface area (Å²) >= 11 is 7.33. The second-order valence-corrected chi connectivity index (χ2v) is 10.7. The molecule has 4 aromatic rings. The standard InChI is InChI=1S/C24H17ClN4O5S2/c1-14-2-5-16(12-20(14)25)29-23(31)19(22(30)27-29)13-17-6-9-21(34-17)15-3-7-18(8-4-15)36(32,33)28-24-26-10-11-35-24/h2-13H,1H3,(H,26,28)(H,27,30)/b19-13+. The number of amides is 2. The van der Waals surface area contributed by atoms with E-state index in [-0.39, 0.29) is 21.4 Å². The summed E-state index contributed by atoms with van der Waals surface area (Å²) in [7, 11) is -3.78. The van der Waals surface area contributed by atoms with Crippen molar-refractivity contribution in [3.8, 4) is 11.3 Å². The lowest BCUT2D eigenvalue weighted by molar-refractivity contribution is -0.117. The first-order valence-corrected chi connectivity index (χ1v) is 13.2. The first-order valence-electron chi connectivity index (χ1n) is 10.5. The van der Waals surface area contributed by atoms with Crippen molar-refractivity contribution in [1.29, 1.82) is 0 Å². The smallest absolute Gasteiger partial charge is 0.282 e. The van der Waals surface area contributed by atoms with Crippen LogP contribution < -0.4 is 15.2 Å². The van der Waals surface area contributed by atoms with Crippen LogP contribution in [0.2, 0.25) is 5.02 Å². The summed E-state index contributed by atoms with van der Waals surface area (Å²) in [5.74, 6) is -0.391. The quantitative estimate of drug-likeness (QED) is 0.272. The van der Waals surface area contributed by atoms with Gasteiger partial charge in [0.1, 0.15) is 17.1 Å². The normalized spacial score (nSPS) is 14.9. The largest absolute Gasteiger partial charge is 0.457 e. The molecule has 12 heteroatoms. The number of carbonyl (C=O) groups excluding carboxylic acids is 2. The zero-order valence-electron chi connectivity index (χ0n) is 18.6. The fraction of sp³-hybridized carbons (Fsp3) is 0.0417. The minimum atomic E-state index is -3.78. The molecule has 2 aromatic carbocycles. The number of hydrazine groups is 1. The van der Waals surface area contributed by atoms with E-state index < -0.39 is 21.8 Å². The number of anilines is 2. The number of nitrogens with one attached hydrogen (secondary N) is 2. The third kappa shape index (κ3) is 4.63. The fourth-order valence-electron chi connectivity index (χ4n) is 3.43. The highest BCUT2D eigenvalue weighted by Crippen LogP contribution is 2.29. The van der Waals surface area contributed by atoms with Gasteiger partial charge in [-0.05, 0) is 67.1 Å². The maximum atomic E-state index is 12.9. The number of furan rings is 1. The van der Waals surface area contributed by atoms with E-state index in [1.54, 1.807) is 47.8 Å². The lowest BCUT2D eigenvalue weighted by Crippen LogP contribution is -2.35. The van der Waals surface area contributed by atoms with Crippen LogP contribution in [-0.4, -0.2) is 25.2 Å². The molecule has 1 saturated heterocycles. The van der Waals surface area contributed by atoms with Crippen molar-refractivity contribution in [3.05, 3.63) is 88.1 Å². The van der Waals surface area contributed by atoms with Crippen molar-refractivity contribution in [2.24, 2.45) is 0 Å². The maximum Gasteiger partial charge on any atom is 0.282 e. The van der Waals surface area contributed by atoms with Crippen LogP contribution >= 0.6 is 22.9 Å². The summed E-state index contributed by atoms with van der Waals surface area (Å²) in [5.41, 5.74) is 4.33. The van der Waals surface area contributed by atoms with Gasteiger partial charge < -0.3 is 4.42 Å². The molecule has 5 rings (SSSR count). The summed E-state index contributed by atoms with van der Waals surface area (Å²) in [4.78, 5) is 29.3. The highest BCUT2D eigenvalue weighted by atomic mass is 35.5. The molecule has 182 valence electrons. The average Bonchev–Trinajstić information content (AvgIpc) is 3.59. The number of carbonyl (C=O) groups is 2. The van der Waals surface area contributed by atoms with E-state index in [1.807, 2.05) is 6.92 Å². The van der Waals surface area contributed by atoms with Crippen molar-refractivity contribution in [2.45, 2.75) is 11.8 Å². The van der Waals surface area contributed by atoms with Crippen LogP contribution in [0.25, 0.3) is 17.4 Å². The summed E-state index contributed by atoms with van der Waals surface area (Å²) in [6, 6.07) is 14.4. The lowest BCUT2D eigenvalue weighted by Gasteiger charge is -2.15. The van der Waals surface area contributed by atoms with Crippen molar-refractivity contribution in [3.63, 3.8) is 0 Å². The van der Waals surface area contributed by atoms with Gasteiger partial charge >= 0.3 is 0 Å². The summed E-state index contributed by atoms with van der Waals surface area (Å²) in [6.07, 6.45) is 2.86. The molecule has 0 aliphatic carbocycles. The Bertz CT molecular complexity index is 1610. The Balaban J connectivity index is 1.34. The molecule has 0 spiro atoms. The number of sulfonamides is 1. The molecule has 9 nitrogen and oxygen atoms in total. The number of rotatable bonds is 6. The second-order valence-electron chi connectivity index (χ2n) is 7.74. The van der Waals surface area contributed by atoms with Gasteiger partial charge in [-0.3, -0.25) is 19.7 Å². The van der Waals surface area contributed by atoms with Crippen LogP contribution in [0.4, 0.5) is 10.8 Å². The molecule has 0 saturated carbocycles. The van der Waals surface area contributed by atoms with E-state index in [0.717, 1.165) is 10.6 Å². The Hall–Kier alpha value is -3.93. The van der Waals surface area contributed by atoms with Gasteiger partial charge in [-0.15, -0.1) is 11.3 Å². The molecule has 0 radical (unpaired) electrons. The number of benzene rings is 2. The van der Waals surface area contributed by atoms with Gasteiger partial charge in [0.15, 0.2) is 5.13 Å². The van der Waals surface area contributed by atoms with Crippen LogP contribution in [0, 0.1) is 6.92 Å². The van der Waals surface area contributed by atoms with E-state index in [0.29, 0.717) is 22.0 Å². The summed E-state index contributed by atoms with van der Waals surface area (Å²) in [6.45, 7) is 1.84. The summed E-state index contributed by atoms with van der Waals surface area (Å²) in [5, 5.41) is 3.54. The van der Waals surface area contributed by atoms with Gasteiger partial charge in [-0.2, -0.15) is 0 Å². The topological polar surface area (TPSA) is 122 Å². The number of aryl methyl sites for hydroxylation is 1. The molecule has 0 unspecified atom stereocenters. The Morgan fingerprint density at radius 2 is 1.89 bits per heavy atom. The van der Waals surface area contributed by atoms with Gasteiger partial charge in [0.05, 0.1) is 10.6 Å². The van der Waals surface area contributed by atoms with Crippen molar-refractivity contribution >= 4 is 61.7 Å². The predicted molar refractivity (Wildman–Crippen MR) is 137 cm³/mol. The maximum absolute atomic E-state index is 12.9. The van der Waals surface area contributed by atoms with Gasteiger partial charge in [-0.25, -0.2) is 18.4 Å². The van der Waals surface area contributed by atoms with E-state index in [2.05, 4.69) is 15.1 Å². The van der Waals surface area contributed by atoms with E-state index in [4.69, 9.17) is 16.0 Å². The number of hydrogen-bond donors (Lipinski definition) is 2. The van der Waals surface area contributed by atoms with Gasteiger partial charge in [0, 0.05) is 22.2 Å². The predicted octanol–water partition coefficient (Wildman–Crippen LogP) is 4.63. The third-order valence-corrected chi connectivity index (χ3v) is 7.90. The second kappa shape index (κ2) is 9.26. The van der Waals surface area contributed by atoms with Crippen molar-refractivity contribution in [1.82, 2.24) is 10.4 Å². The number of nitrogens with zero attached hydrogens (tertiary/aromatic N) is 2. The first kappa shape index (κ1) is 23.8. The third-order valence-electron chi connectivity index (χ3n) is 5.32. The Morgan fingerprint density at radius 3 is 2.58 bits per heavy atom. The molecule has 2 amide bonds. The Morgan fingerprint density at radius 1 is 1.11 bits per heavy atom. The molecular weight excluding hydrogens is 524 g/mol. The van der Waals surface area contributed by atoms with Gasteiger partial charge in [0.25, 0.3) is 21.8 Å². The number of halogens is 1. The highest BCUT2D eigenvalue weighted by molar-refractivity contribution is 7.93. The van der Waals surface area contributed by atoms with E-state index in [1.165, 1.54) is 35.7 Å².